The highest BCUT2D eigenvalue weighted by Crippen LogP contribution is 2.42. The van der Waals surface area contributed by atoms with Crippen LogP contribution in [-0.2, 0) is 0 Å². The molecular formula is C22H27F3O. The summed E-state index contributed by atoms with van der Waals surface area (Å²) >= 11 is 0. The number of benzene rings is 1. The molecule has 1 fully saturated rings. The molecule has 0 bridgehead atoms. The van der Waals surface area contributed by atoms with Crippen LogP contribution in [0.15, 0.2) is 48.3 Å². The number of rotatable bonds is 7. The van der Waals surface area contributed by atoms with Crippen LogP contribution < -0.4 is 4.74 Å². The van der Waals surface area contributed by atoms with Gasteiger partial charge in [0.05, 0.1) is 7.11 Å². The lowest BCUT2D eigenvalue weighted by Crippen LogP contribution is -2.17. The second-order valence-corrected chi connectivity index (χ2v) is 6.73. The second-order valence-electron chi connectivity index (χ2n) is 6.73. The molecule has 1 aliphatic rings. The van der Waals surface area contributed by atoms with Gasteiger partial charge in [0.25, 0.3) is 0 Å². The van der Waals surface area contributed by atoms with E-state index < -0.39 is 11.6 Å². The Morgan fingerprint density at radius 3 is 2.46 bits per heavy atom. The maximum absolute atomic E-state index is 14.5. The summed E-state index contributed by atoms with van der Waals surface area (Å²) in [5.41, 5.74) is 1.06. The van der Waals surface area contributed by atoms with E-state index in [0.717, 1.165) is 19.3 Å². The van der Waals surface area contributed by atoms with Crippen molar-refractivity contribution in [3.8, 4) is 5.75 Å². The van der Waals surface area contributed by atoms with Crippen molar-refractivity contribution in [2.75, 3.05) is 7.11 Å². The molecule has 0 atom stereocenters. The molecule has 0 radical (unpaired) electrons. The van der Waals surface area contributed by atoms with Crippen LogP contribution >= 0.6 is 0 Å². The van der Waals surface area contributed by atoms with E-state index in [1.54, 1.807) is 24.3 Å². The second kappa shape index (κ2) is 9.65. The summed E-state index contributed by atoms with van der Waals surface area (Å²) in [6.45, 7) is 5.69. The first-order valence-corrected chi connectivity index (χ1v) is 9.23. The normalized spacial score (nSPS) is 21.6. The van der Waals surface area contributed by atoms with Crippen LogP contribution in [0.25, 0.3) is 0 Å². The monoisotopic (exact) mass is 364 g/mol. The lowest BCUT2D eigenvalue weighted by molar-refractivity contribution is 0.340. The molecule has 0 unspecified atom stereocenters. The number of hydrogen-bond acceptors (Lipinski definition) is 1. The molecule has 0 N–H and O–H groups in total. The van der Waals surface area contributed by atoms with Crippen molar-refractivity contribution in [1.29, 1.82) is 0 Å². The van der Waals surface area contributed by atoms with Crippen LogP contribution in [-0.4, -0.2) is 7.11 Å². The van der Waals surface area contributed by atoms with Crippen molar-refractivity contribution < 1.29 is 17.9 Å². The third-order valence-electron chi connectivity index (χ3n) is 5.09. The molecule has 1 nitrogen and oxygen atoms in total. The standard InChI is InChI=1S/C22H27F3O/c1-4-6-8-19(23)17(7-5-2)15-9-11-16(12-10-15)18-13-14-20(26-3)22(25)21(18)24/h5,7-8,13-16H,2,4,6,9-12H2,1,3H3/b17-7-,19-8+. The van der Waals surface area contributed by atoms with Crippen molar-refractivity contribution >= 4 is 0 Å². The number of methoxy groups -OCH3 is 1. The predicted molar refractivity (Wildman–Crippen MR) is 100.0 cm³/mol. The zero-order chi connectivity index (χ0) is 19.1. The fourth-order valence-electron chi connectivity index (χ4n) is 3.66. The average Bonchev–Trinajstić information content (AvgIpc) is 2.66. The molecule has 4 heteroatoms. The fraction of sp³-hybridized carbons (Fsp3) is 0.455. The average molecular weight is 364 g/mol. The quantitative estimate of drug-likeness (QED) is 0.473. The van der Waals surface area contributed by atoms with E-state index in [-0.39, 0.29) is 23.4 Å². The Labute approximate surface area is 154 Å². The maximum atomic E-state index is 14.5. The summed E-state index contributed by atoms with van der Waals surface area (Å²) in [5, 5.41) is 0. The summed E-state index contributed by atoms with van der Waals surface area (Å²) < 4.78 is 47.6. The first-order valence-electron chi connectivity index (χ1n) is 9.23. The van der Waals surface area contributed by atoms with E-state index in [0.29, 0.717) is 30.4 Å². The van der Waals surface area contributed by atoms with Gasteiger partial charge in [-0.15, -0.1) is 0 Å². The molecule has 1 aromatic rings. The highest BCUT2D eigenvalue weighted by molar-refractivity contribution is 5.35. The Kier molecular flexibility index (Phi) is 7.55. The van der Waals surface area contributed by atoms with Crippen LogP contribution in [0.5, 0.6) is 5.75 Å². The van der Waals surface area contributed by atoms with Gasteiger partial charge in [-0.2, -0.15) is 4.39 Å². The van der Waals surface area contributed by atoms with Crippen molar-refractivity contribution in [3.05, 3.63) is 65.5 Å². The lowest BCUT2D eigenvalue weighted by atomic mass is 9.75. The molecule has 0 heterocycles. The highest BCUT2D eigenvalue weighted by Gasteiger charge is 2.29. The van der Waals surface area contributed by atoms with Gasteiger partial charge in [-0.25, -0.2) is 8.78 Å². The minimum atomic E-state index is -0.937. The van der Waals surface area contributed by atoms with Gasteiger partial charge in [-0.3, -0.25) is 0 Å². The summed E-state index contributed by atoms with van der Waals surface area (Å²) in [5.74, 6) is -2.00. The minimum absolute atomic E-state index is 0.0562. The van der Waals surface area contributed by atoms with E-state index in [1.807, 2.05) is 6.92 Å². The first kappa shape index (κ1) is 20.3. The van der Waals surface area contributed by atoms with Crippen LogP contribution in [0.2, 0.25) is 0 Å². The molecule has 0 aliphatic heterocycles. The summed E-state index contributed by atoms with van der Waals surface area (Å²) in [7, 11) is 1.32. The minimum Gasteiger partial charge on any atom is -0.494 e. The Hall–Kier alpha value is -1.97. The topological polar surface area (TPSA) is 9.23 Å². The fourth-order valence-corrected chi connectivity index (χ4v) is 3.66. The Balaban J connectivity index is 2.12. The number of ether oxygens (including phenoxy) is 1. The number of hydrogen-bond donors (Lipinski definition) is 0. The van der Waals surface area contributed by atoms with Crippen molar-refractivity contribution in [2.24, 2.45) is 5.92 Å². The zero-order valence-corrected chi connectivity index (χ0v) is 15.5. The molecule has 0 aromatic heterocycles. The summed E-state index contributed by atoms with van der Waals surface area (Å²) in [6, 6.07) is 3.07. The third kappa shape index (κ3) is 4.60. The zero-order valence-electron chi connectivity index (χ0n) is 15.5. The van der Waals surface area contributed by atoms with Gasteiger partial charge in [-0.1, -0.05) is 38.1 Å². The van der Waals surface area contributed by atoms with Crippen LogP contribution in [0.3, 0.4) is 0 Å². The number of halogens is 3. The van der Waals surface area contributed by atoms with Crippen molar-refractivity contribution in [1.82, 2.24) is 0 Å². The molecule has 1 aliphatic carbocycles. The van der Waals surface area contributed by atoms with E-state index in [4.69, 9.17) is 4.74 Å². The Morgan fingerprint density at radius 1 is 1.19 bits per heavy atom. The van der Waals surface area contributed by atoms with Gasteiger partial charge in [0.2, 0.25) is 5.82 Å². The molecule has 1 aromatic carbocycles. The van der Waals surface area contributed by atoms with E-state index in [9.17, 15) is 13.2 Å². The Morgan fingerprint density at radius 2 is 1.88 bits per heavy atom. The third-order valence-corrected chi connectivity index (χ3v) is 5.09. The SMILES string of the molecule is C=C/C=C(\C(F)=C/CCC)C1CCC(c2ccc(OC)c(F)c2F)CC1. The maximum Gasteiger partial charge on any atom is 0.200 e. The van der Waals surface area contributed by atoms with Crippen LogP contribution in [0.1, 0.15) is 56.9 Å². The van der Waals surface area contributed by atoms with Crippen molar-refractivity contribution in [3.63, 3.8) is 0 Å². The largest absolute Gasteiger partial charge is 0.494 e. The summed E-state index contributed by atoms with van der Waals surface area (Å²) in [6.07, 6.45) is 9.44. The van der Waals surface area contributed by atoms with Gasteiger partial charge in [0, 0.05) is 0 Å². The summed E-state index contributed by atoms with van der Waals surface area (Å²) in [4.78, 5) is 0. The molecule has 142 valence electrons. The van der Waals surface area contributed by atoms with Crippen molar-refractivity contribution in [2.45, 2.75) is 51.4 Å². The molecule has 1 saturated carbocycles. The Bertz CT molecular complexity index is 683. The molecular weight excluding hydrogens is 337 g/mol. The van der Waals surface area contributed by atoms with E-state index in [1.165, 1.54) is 13.2 Å². The smallest absolute Gasteiger partial charge is 0.200 e. The van der Waals surface area contributed by atoms with E-state index >= 15 is 0 Å². The van der Waals surface area contributed by atoms with E-state index in [2.05, 4.69) is 6.58 Å². The lowest BCUT2D eigenvalue weighted by Gasteiger charge is -2.30. The van der Waals surface area contributed by atoms with Gasteiger partial charge in [0.1, 0.15) is 5.83 Å². The van der Waals surface area contributed by atoms with Crippen LogP contribution in [0.4, 0.5) is 13.2 Å². The number of unbranched alkanes of at least 4 members (excludes halogenated alkanes) is 1. The predicted octanol–water partition coefficient (Wildman–Crippen LogP) is 7.01. The molecule has 0 spiro atoms. The van der Waals surface area contributed by atoms with Gasteiger partial charge in [-0.05, 0) is 67.2 Å². The number of allylic oxidation sites excluding steroid dienone is 5. The van der Waals surface area contributed by atoms with Crippen LogP contribution in [0, 0.1) is 17.6 Å². The van der Waals surface area contributed by atoms with Gasteiger partial charge in [0.15, 0.2) is 11.6 Å². The molecule has 26 heavy (non-hydrogen) atoms. The first-order chi connectivity index (χ1) is 12.5. The van der Waals surface area contributed by atoms with Gasteiger partial charge < -0.3 is 4.74 Å². The molecule has 2 rings (SSSR count). The highest BCUT2D eigenvalue weighted by atomic mass is 19.2. The molecule has 0 amide bonds. The molecule has 0 saturated heterocycles. The van der Waals surface area contributed by atoms with Gasteiger partial charge >= 0.3 is 0 Å².